The minimum absolute atomic E-state index is 0.114. The van der Waals surface area contributed by atoms with Gasteiger partial charge in [0.15, 0.2) is 0 Å². The third-order valence-corrected chi connectivity index (χ3v) is 7.31. The average Bonchev–Trinajstić information content (AvgIpc) is 3.38. The normalized spacial score (nSPS) is 19.4. The molecule has 2 N–H and O–H groups in total. The van der Waals surface area contributed by atoms with Gasteiger partial charge in [-0.1, -0.05) is 18.2 Å². The second-order valence-electron chi connectivity index (χ2n) is 8.48. The molecule has 0 radical (unpaired) electrons. The fourth-order valence-electron chi connectivity index (χ4n) is 4.84. The Labute approximate surface area is 190 Å². The summed E-state index contributed by atoms with van der Waals surface area (Å²) >= 11 is 0. The van der Waals surface area contributed by atoms with Crippen molar-refractivity contribution >= 4 is 21.6 Å². The molecule has 0 saturated heterocycles. The van der Waals surface area contributed by atoms with Crippen molar-refractivity contribution in [3.63, 3.8) is 0 Å². The quantitative estimate of drug-likeness (QED) is 0.635. The highest BCUT2D eigenvalue weighted by Crippen LogP contribution is 2.39. The lowest BCUT2D eigenvalue weighted by Gasteiger charge is -2.26. The number of fused-ring (bicyclic) bond motifs is 2. The van der Waals surface area contributed by atoms with Gasteiger partial charge in [-0.05, 0) is 66.3 Å². The molecular formula is C24H21F2N3O3S. The number of nitrogens with zero attached hydrogens (tertiary/aromatic N) is 2. The number of anilines is 1. The van der Waals surface area contributed by atoms with E-state index in [0.29, 0.717) is 18.4 Å². The molecule has 6 nitrogen and oxygen atoms in total. The van der Waals surface area contributed by atoms with Gasteiger partial charge in [-0.15, -0.1) is 0 Å². The number of primary sulfonamides is 1. The van der Waals surface area contributed by atoms with Gasteiger partial charge < -0.3 is 4.90 Å². The Kier molecular flexibility index (Phi) is 5.25. The zero-order valence-electron chi connectivity index (χ0n) is 17.5. The van der Waals surface area contributed by atoms with E-state index in [9.17, 15) is 22.0 Å². The van der Waals surface area contributed by atoms with Gasteiger partial charge in [0.25, 0.3) is 0 Å². The molecule has 0 fully saturated rings. The summed E-state index contributed by atoms with van der Waals surface area (Å²) in [4.78, 5) is 18.5. The van der Waals surface area contributed by atoms with E-state index in [2.05, 4.69) is 4.98 Å². The number of amides is 1. The molecule has 5 rings (SSSR count). The third-order valence-electron chi connectivity index (χ3n) is 6.38. The number of alkyl halides is 1. The first kappa shape index (κ1) is 21.7. The number of pyridine rings is 1. The zero-order chi connectivity index (χ0) is 23.3. The Morgan fingerprint density at radius 1 is 1.06 bits per heavy atom. The summed E-state index contributed by atoms with van der Waals surface area (Å²) in [5.41, 5.74) is 4.44. The number of aromatic nitrogens is 1. The monoisotopic (exact) mass is 469 g/mol. The van der Waals surface area contributed by atoms with E-state index in [1.54, 1.807) is 6.20 Å². The fourth-order valence-corrected chi connectivity index (χ4v) is 5.44. The molecule has 1 aliphatic heterocycles. The molecular weight excluding hydrogens is 448 g/mol. The molecule has 2 aromatic carbocycles. The van der Waals surface area contributed by atoms with Crippen molar-refractivity contribution in [3.8, 4) is 11.3 Å². The van der Waals surface area contributed by atoms with Crippen LogP contribution in [0.4, 0.5) is 14.5 Å². The molecule has 0 saturated carbocycles. The first-order valence-corrected chi connectivity index (χ1v) is 12.1. The number of carbonyl (C=O) groups is 1. The summed E-state index contributed by atoms with van der Waals surface area (Å²) in [6, 6.07) is 12.9. The van der Waals surface area contributed by atoms with Crippen LogP contribution in [-0.4, -0.2) is 32.0 Å². The Balaban J connectivity index is 1.46. The van der Waals surface area contributed by atoms with Gasteiger partial charge in [-0.25, -0.2) is 22.3 Å². The number of sulfonamides is 1. The average molecular weight is 470 g/mol. The van der Waals surface area contributed by atoms with Gasteiger partial charge in [-0.2, -0.15) is 0 Å². The van der Waals surface area contributed by atoms with Crippen molar-refractivity contribution in [2.75, 3.05) is 11.6 Å². The Morgan fingerprint density at radius 3 is 2.55 bits per heavy atom. The van der Waals surface area contributed by atoms with Gasteiger partial charge >= 0.3 is 0 Å². The van der Waals surface area contributed by atoms with Crippen molar-refractivity contribution < 1.29 is 22.0 Å². The number of rotatable bonds is 4. The van der Waals surface area contributed by atoms with E-state index in [1.165, 1.54) is 4.90 Å². The molecule has 170 valence electrons. The SMILES string of the molecule is NS(=O)(=O)c1cc2c(cc1F)CC(CF)N2C(=O)C1Cc2ccc(-c3ccccn3)cc2C1. The fraction of sp³-hybridized carbons (Fsp3) is 0.250. The maximum Gasteiger partial charge on any atom is 0.241 e. The van der Waals surface area contributed by atoms with Crippen LogP contribution in [0.1, 0.15) is 16.7 Å². The third kappa shape index (κ3) is 3.81. The van der Waals surface area contributed by atoms with Crippen molar-refractivity contribution in [2.45, 2.75) is 30.2 Å². The van der Waals surface area contributed by atoms with Crippen molar-refractivity contribution in [1.29, 1.82) is 0 Å². The van der Waals surface area contributed by atoms with Gasteiger partial charge in [0.05, 0.1) is 11.7 Å². The molecule has 0 spiro atoms. The Bertz CT molecular complexity index is 1360. The van der Waals surface area contributed by atoms with Crippen LogP contribution in [0.25, 0.3) is 11.3 Å². The van der Waals surface area contributed by atoms with Crippen LogP contribution in [0.15, 0.2) is 59.6 Å². The van der Waals surface area contributed by atoms with Gasteiger partial charge in [0.1, 0.15) is 17.4 Å². The summed E-state index contributed by atoms with van der Waals surface area (Å²) in [6.45, 7) is -0.823. The first-order valence-electron chi connectivity index (χ1n) is 10.5. The summed E-state index contributed by atoms with van der Waals surface area (Å²) in [5.74, 6) is -1.74. The smallest absolute Gasteiger partial charge is 0.241 e. The summed E-state index contributed by atoms with van der Waals surface area (Å²) in [5, 5.41) is 5.13. The van der Waals surface area contributed by atoms with E-state index in [-0.39, 0.29) is 18.0 Å². The Morgan fingerprint density at radius 2 is 1.85 bits per heavy atom. The minimum atomic E-state index is -4.33. The van der Waals surface area contributed by atoms with Crippen LogP contribution < -0.4 is 10.0 Å². The number of hydrogen-bond acceptors (Lipinski definition) is 4. The molecule has 2 aliphatic rings. The van der Waals surface area contributed by atoms with Gasteiger partial charge in [0, 0.05) is 23.4 Å². The lowest BCUT2D eigenvalue weighted by Crippen LogP contribution is -2.43. The van der Waals surface area contributed by atoms with Crippen LogP contribution in [0.5, 0.6) is 0 Å². The number of benzene rings is 2. The maximum absolute atomic E-state index is 14.3. The summed E-state index contributed by atoms with van der Waals surface area (Å²) in [7, 11) is -4.33. The first-order chi connectivity index (χ1) is 15.8. The molecule has 2 heterocycles. The van der Waals surface area contributed by atoms with Crippen LogP contribution in [0.2, 0.25) is 0 Å². The standard InChI is InChI=1S/C24H21F2N3O3S/c25-13-19-10-17-11-20(26)23(33(27,31)32)12-22(17)29(19)24(30)18-7-14-4-5-15(8-16(14)9-18)21-3-1-2-6-28-21/h1-6,8,11-12,18-19H,7,9-10,13H2,(H2,27,31,32). The number of carbonyl (C=O) groups excluding carboxylic acids is 1. The molecule has 33 heavy (non-hydrogen) atoms. The minimum Gasteiger partial charge on any atom is -0.306 e. The molecule has 3 aromatic rings. The Hall–Kier alpha value is -3.17. The predicted molar refractivity (Wildman–Crippen MR) is 119 cm³/mol. The molecule has 1 amide bonds. The lowest BCUT2D eigenvalue weighted by atomic mass is 10.0. The highest BCUT2D eigenvalue weighted by molar-refractivity contribution is 7.89. The summed E-state index contributed by atoms with van der Waals surface area (Å²) < 4.78 is 51.7. The van der Waals surface area contributed by atoms with E-state index in [4.69, 9.17) is 5.14 Å². The van der Waals surface area contributed by atoms with Crippen LogP contribution in [0.3, 0.4) is 0 Å². The summed E-state index contributed by atoms with van der Waals surface area (Å²) in [6.07, 6.45) is 2.80. The van der Waals surface area contributed by atoms with Crippen molar-refractivity contribution in [3.05, 3.63) is 77.2 Å². The second kappa shape index (κ2) is 8.00. The largest absolute Gasteiger partial charge is 0.306 e. The van der Waals surface area contributed by atoms with E-state index >= 15 is 0 Å². The molecule has 2 unspecified atom stereocenters. The molecule has 2 atom stereocenters. The lowest BCUT2D eigenvalue weighted by molar-refractivity contribution is -0.122. The predicted octanol–water partition coefficient (Wildman–Crippen LogP) is 3.18. The molecule has 1 aliphatic carbocycles. The number of hydrogen-bond donors (Lipinski definition) is 1. The van der Waals surface area contributed by atoms with Crippen molar-refractivity contribution in [2.24, 2.45) is 11.1 Å². The molecule has 0 bridgehead atoms. The molecule has 9 heteroatoms. The van der Waals surface area contributed by atoms with Crippen molar-refractivity contribution in [1.82, 2.24) is 4.98 Å². The van der Waals surface area contributed by atoms with Gasteiger partial charge in [-0.3, -0.25) is 9.78 Å². The zero-order valence-corrected chi connectivity index (χ0v) is 18.4. The van der Waals surface area contributed by atoms with E-state index in [0.717, 1.165) is 34.5 Å². The maximum atomic E-state index is 14.3. The van der Waals surface area contributed by atoms with E-state index in [1.807, 2.05) is 36.4 Å². The van der Waals surface area contributed by atoms with Crippen LogP contribution in [-0.2, 0) is 34.1 Å². The van der Waals surface area contributed by atoms with Crippen LogP contribution in [0, 0.1) is 11.7 Å². The van der Waals surface area contributed by atoms with Crippen LogP contribution >= 0.6 is 0 Å². The second-order valence-corrected chi connectivity index (χ2v) is 10.0. The van der Waals surface area contributed by atoms with E-state index < -0.39 is 39.4 Å². The number of halogens is 2. The molecule has 1 aromatic heterocycles. The highest BCUT2D eigenvalue weighted by Gasteiger charge is 2.40. The number of nitrogens with two attached hydrogens (primary N) is 1. The topological polar surface area (TPSA) is 93.4 Å². The van der Waals surface area contributed by atoms with Gasteiger partial charge in [0.2, 0.25) is 15.9 Å². The highest BCUT2D eigenvalue weighted by atomic mass is 32.2.